The lowest BCUT2D eigenvalue weighted by Crippen LogP contribution is -2.70. The Morgan fingerprint density at radius 1 is 0.691 bits per heavy atom. The molecule has 4 saturated carbocycles. The maximum absolute atomic E-state index is 16.5. The Labute approximate surface area is 666 Å². The molecule has 2 aromatic carbocycles. The van der Waals surface area contributed by atoms with Crippen LogP contribution in [0.5, 0.6) is 0 Å². The summed E-state index contributed by atoms with van der Waals surface area (Å²) in [6, 6.07) is 26.2. The number of carbonyl (C=O) groups excluding carboxylic acids is 3. The molecule has 2 amide bonds. The molecule has 6 fully saturated rings. The van der Waals surface area contributed by atoms with Crippen molar-refractivity contribution in [1.29, 1.82) is 0 Å². The van der Waals surface area contributed by atoms with Crippen LogP contribution in [-0.2, 0) is 79.0 Å². The molecule has 110 heavy (non-hydrogen) atoms. The van der Waals surface area contributed by atoms with Gasteiger partial charge in [-0.2, -0.15) is 0 Å². The average molecular weight is 1570 g/mol. The van der Waals surface area contributed by atoms with E-state index in [1.54, 1.807) is 0 Å². The summed E-state index contributed by atoms with van der Waals surface area (Å²) in [5.74, 6) is -0.764. The third kappa shape index (κ3) is 19.6. The van der Waals surface area contributed by atoms with Crippen molar-refractivity contribution in [3.63, 3.8) is 0 Å². The Hall–Kier alpha value is -3.62. The van der Waals surface area contributed by atoms with Gasteiger partial charge >= 0.3 is 12.1 Å². The van der Waals surface area contributed by atoms with Gasteiger partial charge in [0.15, 0.2) is 29.2 Å². The first-order valence-electron chi connectivity index (χ1n) is 43.4. The molecule has 0 aromatic heterocycles. The number of esters is 1. The minimum absolute atomic E-state index is 0.000713. The number of unbranched alkanes of at least 4 members (excludes halogenated alkanes) is 2. The van der Waals surface area contributed by atoms with E-state index < -0.39 is 107 Å². The summed E-state index contributed by atoms with van der Waals surface area (Å²) >= 11 is 0. The third-order valence-corrected chi connectivity index (χ3v) is 38.6. The Kier molecular flexibility index (Phi) is 31.4. The van der Waals surface area contributed by atoms with Gasteiger partial charge in [-0.1, -0.05) is 190 Å². The van der Waals surface area contributed by atoms with Gasteiger partial charge in [0, 0.05) is 38.5 Å². The molecule has 13 unspecified atom stereocenters. The van der Waals surface area contributed by atoms with Crippen molar-refractivity contribution in [3.05, 3.63) is 83.4 Å². The quantitative estimate of drug-likeness (QED) is 0.0189. The predicted molar refractivity (Wildman–Crippen MR) is 439 cm³/mol. The number of aliphatic hydroxyl groups excluding tert-OH is 1. The number of fused-ring (bicyclic) bond motifs is 7. The molecule has 9 rings (SSSR count). The highest BCUT2D eigenvalue weighted by Gasteiger charge is 2.71. The summed E-state index contributed by atoms with van der Waals surface area (Å²) in [7, 11) is -2.59. The number of carbonyl (C=O) groups is 3. The van der Waals surface area contributed by atoms with E-state index in [1.165, 1.54) is 12.7 Å². The van der Waals surface area contributed by atoms with Gasteiger partial charge in [0.1, 0.15) is 30.0 Å². The number of benzene rings is 2. The Morgan fingerprint density at radius 3 is 1.91 bits per heavy atom. The van der Waals surface area contributed by atoms with Gasteiger partial charge in [0.2, 0.25) is 12.2 Å². The molecule has 0 spiro atoms. The number of methoxy groups -OCH3 is 1. The number of alkyl carbamates (subject to hydrolysis) is 1. The highest BCUT2D eigenvalue weighted by Crippen LogP contribution is 2.76. The van der Waals surface area contributed by atoms with Gasteiger partial charge in [0.25, 0.3) is 0 Å². The SMILES string of the molecule is CCOC(C(O[C@@H]1OCC(OCc2ccccc2)C(C)C1OCc1ccccc1)C(C)C)C(OC)[C@@H](O)OC1C(C)[C@@H](NC(=O)CCCCCNC(=O)OC(C)(C)C)[C@@H](CC)O[C@H]1OC(=O)[C@]12CCC(C)(C)CC1C1=CCC3C4(C)CC[C@H](O[Si](CC)(CC)CC)C(C)(O[Si](CC)(CC)CC)C4CC[C@@]3(C)[C@]1(C)CC2. The Bertz CT molecular complexity index is 3240. The van der Waals surface area contributed by atoms with Crippen LogP contribution in [0.15, 0.2) is 72.3 Å². The fourth-order valence-corrected chi connectivity index (χ4v) is 27.9. The van der Waals surface area contributed by atoms with Crippen molar-refractivity contribution in [1.82, 2.24) is 10.6 Å². The van der Waals surface area contributed by atoms with Gasteiger partial charge in [-0.05, 0) is 211 Å². The maximum Gasteiger partial charge on any atom is 0.407 e. The van der Waals surface area contributed by atoms with E-state index in [9.17, 15) is 14.7 Å². The van der Waals surface area contributed by atoms with Crippen molar-refractivity contribution >= 4 is 34.6 Å². The van der Waals surface area contributed by atoms with Gasteiger partial charge < -0.3 is 72.0 Å². The third-order valence-electron chi connectivity index (χ3n) is 29.2. The highest BCUT2D eigenvalue weighted by molar-refractivity contribution is 6.74. The largest absolute Gasteiger partial charge is 0.444 e. The number of rotatable bonds is 37. The van der Waals surface area contributed by atoms with Crippen LogP contribution in [0.25, 0.3) is 0 Å². The molecule has 2 saturated heterocycles. The van der Waals surface area contributed by atoms with Crippen LogP contribution in [0.2, 0.25) is 36.3 Å². The molecule has 2 aliphatic heterocycles. The number of ether oxygens (including phenoxy) is 10. The van der Waals surface area contributed by atoms with Gasteiger partial charge in [-0.25, -0.2) is 4.79 Å². The van der Waals surface area contributed by atoms with Gasteiger partial charge in [0.05, 0.1) is 61.3 Å². The minimum Gasteiger partial charge on any atom is -0.444 e. The number of amides is 2. The van der Waals surface area contributed by atoms with Crippen molar-refractivity contribution in [2.24, 2.45) is 62.6 Å². The number of hydrogen-bond acceptors (Lipinski definition) is 16. The molecular weight excluding hydrogens is 1420 g/mol. The van der Waals surface area contributed by atoms with Gasteiger partial charge in [-0.3, -0.25) is 9.59 Å². The normalized spacial score (nSPS) is 34.2. The molecule has 7 aliphatic rings. The van der Waals surface area contributed by atoms with E-state index in [2.05, 4.69) is 107 Å². The number of allylic oxidation sites excluding steroid dienone is 2. The molecule has 0 radical (unpaired) electrons. The number of nitrogens with one attached hydrogen (secondary N) is 2. The fourth-order valence-electron chi connectivity index (χ4n) is 21.8. The number of hydrogen-bond donors (Lipinski definition) is 3. The summed E-state index contributed by atoms with van der Waals surface area (Å²) in [6.07, 6.45) is 4.70. The van der Waals surface area contributed by atoms with Crippen LogP contribution >= 0.6 is 0 Å². The van der Waals surface area contributed by atoms with E-state index in [1.807, 2.05) is 116 Å². The summed E-state index contributed by atoms with van der Waals surface area (Å²) in [5, 5.41) is 19.3. The van der Waals surface area contributed by atoms with E-state index in [-0.39, 0.29) is 83.1 Å². The lowest BCUT2D eigenvalue weighted by molar-refractivity contribution is -0.327. The lowest BCUT2D eigenvalue weighted by Gasteiger charge is -2.72. The van der Waals surface area contributed by atoms with Crippen molar-refractivity contribution in [2.75, 3.05) is 26.9 Å². The van der Waals surface area contributed by atoms with Crippen LogP contribution in [0.4, 0.5) is 4.79 Å². The molecule has 20 heteroatoms. The Balaban J connectivity index is 1.02. The first kappa shape index (κ1) is 90.3. The van der Waals surface area contributed by atoms with Crippen molar-refractivity contribution < 1.29 is 75.7 Å². The van der Waals surface area contributed by atoms with E-state index in [0.29, 0.717) is 70.1 Å². The van der Waals surface area contributed by atoms with E-state index in [0.717, 1.165) is 98.8 Å². The molecule has 624 valence electrons. The maximum atomic E-state index is 16.5. The second-order valence-electron chi connectivity index (χ2n) is 37.5. The minimum atomic E-state index is -2.11. The summed E-state index contributed by atoms with van der Waals surface area (Å²) in [5.41, 5.74) is 1.32. The van der Waals surface area contributed by atoms with Crippen LogP contribution in [0, 0.1) is 62.6 Å². The zero-order valence-corrected chi connectivity index (χ0v) is 74.2. The van der Waals surface area contributed by atoms with Crippen LogP contribution in [-0.4, -0.2) is 152 Å². The van der Waals surface area contributed by atoms with Crippen LogP contribution in [0.1, 0.15) is 253 Å². The zero-order chi connectivity index (χ0) is 80.4. The smallest absolute Gasteiger partial charge is 0.407 e. The molecule has 3 N–H and O–H groups in total. The van der Waals surface area contributed by atoms with E-state index >= 15 is 4.79 Å². The van der Waals surface area contributed by atoms with Crippen LogP contribution < -0.4 is 10.6 Å². The second kappa shape index (κ2) is 38.2. The first-order chi connectivity index (χ1) is 52.1. The topological polar surface area (TPSA) is 206 Å². The summed E-state index contributed by atoms with van der Waals surface area (Å²) in [6.45, 7) is 48.7. The molecule has 2 aromatic rings. The highest BCUT2D eigenvalue weighted by atomic mass is 28.4. The molecule has 5 aliphatic carbocycles. The molecule has 0 bridgehead atoms. The summed E-state index contributed by atoms with van der Waals surface area (Å²) < 4.78 is 83.1. The average Bonchev–Trinajstić information content (AvgIpc) is 0.673. The van der Waals surface area contributed by atoms with Crippen molar-refractivity contribution in [2.45, 2.75) is 376 Å². The molecule has 22 atom stereocenters. The monoisotopic (exact) mass is 1570 g/mol. The molecule has 18 nitrogen and oxygen atoms in total. The van der Waals surface area contributed by atoms with E-state index in [4.69, 9.17) is 56.2 Å². The standard InChI is InChI=1S/C90H150N2O16Si2/c1-23-67-73(92-72(93)44-38-33-39-55-91-83(96)106-84(13,14)15)62(12)76(103-79(94)78(97-22)77(98-24-2)74(60(9)10)104-80-75(100-58-64-42-36-32-37-43-64)61(11)68(59-101-80)99-57-63-40-34-31-35-41-63)81(102-67)105-82(95)90-53-51-85(16,17)56-66(90)65-45-46-69-86(18)49-48-71(107-109(25-3,26-4)27-5)89(21,108-110(28-6,29-7)30-8)70(86)47-50-88(69,20)87(65,19)52-54-90/h31-32,34-37,40-43,45,60-62,66-71,73-81,94H,23-30,33,38-39,44,46-59H2,1-22H3,(H,91,96)(H,92,93)/t61?,62?,66?,67-,68?,69?,70?,71+,73-,74?,75?,76?,77?,78?,79+,80+,81+,86?,87-,88-,89?,90+/m1/s1. The first-order valence-corrected chi connectivity index (χ1v) is 48.5. The number of aliphatic hydroxyl groups is 1. The fraction of sp³-hybridized carbons (Fsp3) is 0.811. The summed E-state index contributed by atoms with van der Waals surface area (Å²) in [4.78, 5) is 43.3. The Morgan fingerprint density at radius 2 is 1.32 bits per heavy atom. The lowest BCUT2D eigenvalue weighted by atomic mass is 9.34. The molecule has 2 heterocycles. The van der Waals surface area contributed by atoms with Crippen molar-refractivity contribution in [3.8, 4) is 0 Å². The second-order valence-corrected chi connectivity index (χ2v) is 46.9. The van der Waals surface area contributed by atoms with Gasteiger partial charge in [-0.15, -0.1) is 0 Å². The predicted octanol–water partition coefficient (Wildman–Crippen LogP) is 19.1. The molecular formula is C90H150N2O16Si2. The zero-order valence-electron chi connectivity index (χ0n) is 72.2. The van der Waals surface area contributed by atoms with Crippen LogP contribution in [0.3, 0.4) is 0 Å².